The summed E-state index contributed by atoms with van der Waals surface area (Å²) in [5.74, 6) is -0.255. The maximum Gasteiger partial charge on any atom is 0.271 e. The number of aromatic nitrogens is 2. The quantitative estimate of drug-likeness (QED) is 0.406. The average Bonchev–Trinajstić information content (AvgIpc) is 3.19. The van der Waals surface area contributed by atoms with E-state index in [-0.39, 0.29) is 5.91 Å². The number of aryl methyl sites for hydroxylation is 1. The van der Waals surface area contributed by atoms with Crippen LogP contribution in [0.4, 0.5) is 0 Å². The molecular formula is C24H20N4O. The van der Waals surface area contributed by atoms with Gasteiger partial charge in [0.15, 0.2) is 0 Å². The molecule has 142 valence electrons. The Hall–Kier alpha value is -3.99. The van der Waals surface area contributed by atoms with Crippen LogP contribution in [0.1, 0.15) is 21.5 Å². The number of carbonyl (C=O) groups is 1. The van der Waals surface area contributed by atoms with Gasteiger partial charge in [-0.2, -0.15) is 10.2 Å². The summed E-state index contributed by atoms with van der Waals surface area (Å²) in [5, 5.41) is 8.94. The number of hydrogen-bond acceptors (Lipinski definition) is 3. The molecule has 1 amide bonds. The molecule has 0 aliphatic heterocycles. The molecular weight excluding hydrogens is 360 g/mol. The van der Waals surface area contributed by atoms with Crippen LogP contribution in [0.3, 0.4) is 0 Å². The molecule has 1 aromatic heterocycles. The third-order valence-corrected chi connectivity index (χ3v) is 4.56. The summed E-state index contributed by atoms with van der Waals surface area (Å²) in [4.78, 5) is 12.2. The molecule has 0 saturated heterocycles. The van der Waals surface area contributed by atoms with E-state index in [1.807, 2.05) is 90.6 Å². The molecule has 4 rings (SSSR count). The molecule has 0 aliphatic rings. The number of benzene rings is 3. The molecule has 3 aromatic carbocycles. The molecule has 0 bridgehead atoms. The highest BCUT2D eigenvalue weighted by Crippen LogP contribution is 2.23. The van der Waals surface area contributed by atoms with E-state index in [1.54, 1.807) is 18.3 Å². The first-order valence-electron chi connectivity index (χ1n) is 9.32. The van der Waals surface area contributed by atoms with Crippen LogP contribution < -0.4 is 5.43 Å². The van der Waals surface area contributed by atoms with Gasteiger partial charge < -0.3 is 0 Å². The highest BCUT2D eigenvalue weighted by Gasteiger charge is 2.12. The zero-order valence-electron chi connectivity index (χ0n) is 16.0. The SMILES string of the molecule is Cc1ccccc1-n1cc(/C=N\NC(=O)c2ccccc2)c(-c2ccccc2)n1. The Morgan fingerprint density at radius 2 is 1.59 bits per heavy atom. The van der Waals surface area contributed by atoms with Gasteiger partial charge in [0.05, 0.1) is 11.9 Å². The van der Waals surface area contributed by atoms with E-state index in [9.17, 15) is 4.79 Å². The molecule has 1 heterocycles. The molecule has 0 radical (unpaired) electrons. The van der Waals surface area contributed by atoms with E-state index in [4.69, 9.17) is 5.10 Å². The van der Waals surface area contributed by atoms with Crippen molar-refractivity contribution < 1.29 is 4.79 Å². The number of nitrogens with zero attached hydrogens (tertiary/aromatic N) is 3. The molecule has 0 fully saturated rings. The second kappa shape index (κ2) is 8.35. The Kier molecular flexibility index (Phi) is 5.29. The minimum Gasteiger partial charge on any atom is -0.267 e. The molecule has 0 spiro atoms. The van der Waals surface area contributed by atoms with Crippen molar-refractivity contribution in [3.8, 4) is 16.9 Å². The molecule has 0 aliphatic carbocycles. The first kappa shape index (κ1) is 18.4. The van der Waals surface area contributed by atoms with E-state index in [0.29, 0.717) is 5.56 Å². The number of carbonyl (C=O) groups excluding carboxylic acids is 1. The lowest BCUT2D eigenvalue weighted by Crippen LogP contribution is -2.17. The van der Waals surface area contributed by atoms with Gasteiger partial charge in [0.25, 0.3) is 5.91 Å². The molecule has 0 saturated carbocycles. The fourth-order valence-electron chi connectivity index (χ4n) is 3.06. The van der Waals surface area contributed by atoms with Crippen molar-refractivity contribution in [2.24, 2.45) is 5.10 Å². The lowest BCUT2D eigenvalue weighted by atomic mass is 10.1. The third-order valence-electron chi connectivity index (χ3n) is 4.56. The van der Waals surface area contributed by atoms with Crippen molar-refractivity contribution >= 4 is 12.1 Å². The number of para-hydroxylation sites is 1. The number of nitrogens with one attached hydrogen (secondary N) is 1. The van der Waals surface area contributed by atoms with Gasteiger partial charge in [-0.05, 0) is 30.7 Å². The highest BCUT2D eigenvalue weighted by atomic mass is 16.2. The second-order valence-corrected chi connectivity index (χ2v) is 6.60. The molecule has 4 aromatic rings. The van der Waals surface area contributed by atoms with Crippen molar-refractivity contribution in [3.63, 3.8) is 0 Å². The predicted octanol–water partition coefficient (Wildman–Crippen LogP) is 4.61. The number of rotatable bonds is 5. The lowest BCUT2D eigenvalue weighted by molar-refractivity contribution is 0.0955. The predicted molar refractivity (Wildman–Crippen MR) is 115 cm³/mol. The van der Waals surface area contributed by atoms with Crippen LogP contribution in [0.2, 0.25) is 0 Å². The van der Waals surface area contributed by atoms with Crippen LogP contribution in [0.25, 0.3) is 16.9 Å². The summed E-state index contributed by atoms with van der Waals surface area (Å²) < 4.78 is 1.85. The van der Waals surface area contributed by atoms with Gasteiger partial charge in [-0.1, -0.05) is 66.7 Å². The molecule has 29 heavy (non-hydrogen) atoms. The fraction of sp³-hybridized carbons (Fsp3) is 0.0417. The zero-order valence-corrected chi connectivity index (χ0v) is 16.0. The van der Waals surface area contributed by atoms with Gasteiger partial charge in [-0.3, -0.25) is 4.79 Å². The van der Waals surface area contributed by atoms with Gasteiger partial charge in [-0.15, -0.1) is 0 Å². The zero-order chi connectivity index (χ0) is 20.1. The van der Waals surface area contributed by atoms with Crippen molar-refractivity contribution in [2.45, 2.75) is 6.92 Å². The maximum absolute atomic E-state index is 12.2. The largest absolute Gasteiger partial charge is 0.271 e. The standard InChI is InChI=1S/C24H20N4O/c1-18-10-8-9-15-22(18)28-17-21(23(27-28)19-11-4-2-5-12-19)16-25-26-24(29)20-13-6-3-7-14-20/h2-17H,1H3,(H,26,29)/b25-16-. The normalized spacial score (nSPS) is 10.9. The third kappa shape index (κ3) is 4.14. The van der Waals surface area contributed by atoms with Crippen LogP contribution in [-0.2, 0) is 0 Å². The van der Waals surface area contributed by atoms with E-state index in [2.05, 4.69) is 10.5 Å². The topological polar surface area (TPSA) is 59.3 Å². The molecule has 0 unspecified atom stereocenters. The molecule has 5 nitrogen and oxygen atoms in total. The monoisotopic (exact) mass is 380 g/mol. The fourth-order valence-corrected chi connectivity index (χ4v) is 3.06. The number of amides is 1. The summed E-state index contributed by atoms with van der Waals surface area (Å²) in [6.07, 6.45) is 3.55. The number of hydrazone groups is 1. The summed E-state index contributed by atoms with van der Waals surface area (Å²) in [6.45, 7) is 2.05. The summed E-state index contributed by atoms with van der Waals surface area (Å²) in [7, 11) is 0. The molecule has 5 heteroatoms. The van der Waals surface area contributed by atoms with Crippen molar-refractivity contribution in [2.75, 3.05) is 0 Å². The minimum atomic E-state index is -0.255. The van der Waals surface area contributed by atoms with Crippen LogP contribution in [0, 0.1) is 6.92 Å². The second-order valence-electron chi connectivity index (χ2n) is 6.60. The minimum absolute atomic E-state index is 0.255. The Morgan fingerprint density at radius 1 is 0.931 bits per heavy atom. The first-order valence-corrected chi connectivity index (χ1v) is 9.32. The molecule has 0 atom stereocenters. The van der Waals surface area contributed by atoms with Crippen LogP contribution in [-0.4, -0.2) is 21.9 Å². The Bertz CT molecular complexity index is 1150. The van der Waals surface area contributed by atoms with Crippen molar-refractivity contribution in [1.29, 1.82) is 0 Å². The van der Waals surface area contributed by atoms with E-state index >= 15 is 0 Å². The number of hydrogen-bond donors (Lipinski definition) is 1. The van der Waals surface area contributed by atoms with Crippen molar-refractivity contribution in [1.82, 2.24) is 15.2 Å². The van der Waals surface area contributed by atoms with E-state index < -0.39 is 0 Å². The van der Waals surface area contributed by atoms with Gasteiger partial charge in [-0.25, -0.2) is 10.1 Å². The van der Waals surface area contributed by atoms with Crippen LogP contribution in [0.5, 0.6) is 0 Å². The van der Waals surface area contributed by atoms with Gasteiger partial charge in [0, 0.05) is 22.9 Å². The van der Waals surface area contributed by atoms with Crippen molar-refractivity contribution in [3.05, 3.63) is 108 Å². The smallest absolute Gasteiger partial charge is 0.267 e. The highest BCUT2D eigenvalue weighted by molar-refractivity contribution is 5.95. The summed E-state index contributed by atoms with van der Waals surface area (Å²) >= 11 is 0. The Labute approximate surface area is 169 Å². The van der Waals surface area contributed by atoms with E-state index in [1.165, 1.54) is 0 Å². The first-order chi connectivity index (χ1) is 14.2. The summed E-state index contributed by atoms with van der Waals surface area (Å²) in [5.41, 5.74) is 7.85. The van der Waals surface area contributed by atoms with Crippen LogP contribution in [0.15, 0.2) is 96.2 Å². The Morgan fingerprint density at radius 3 is 2.31 bits per heavy atom. The lowest BCUT2D eigenvalue weighted by Gasteiger charge is -2.04. The average molecular weight is 380 g/mol. The molecule has 1 N–H and O–H groups in total. The van der Waals surface area contributed by atoms with Gasteiger partial charge in [0.1, 0.15) is 5.69 Å². The van der Waals surface area contributed by atoms with Gasteiger partial charge in [0.2, 0.25) is 0 Å². The van der Waals surface area contributed by atoms with E-state index in [0.717, 1.165) is 28.1 Å². The Balaban J connectivity index is 1.66. The summed E-state index contributed by atoms with van der Waals surface area (Å²) in [6, 6.07) is 27.0. The van der Waals surface area contributed by atoms with Crippen LogP contribution >= 0.6 is 0 Å². The maximum atomic E-state index is 12.2. The van der Waals surface area contributed by atoms with Gasteiger partial charge >= 0.3 is 0 Å².